The van der Waals surface area contributed by atoms with Crippen LogP contribution in [0.25, 0.3) is 10.2 Å². The molecule has 0 bridgehead atoms. The van der Waals surface area contributed by atoms with Crippen molar-refractivity contribution in [3.63, 3.8) is 0 Å². The Bertz CT molecular complexity index is 1170. The van der Waals surface area contributed by atoms with Crippen LogP contribution in [0.5, 0.6) is 0 Å². The lowest BCUT2D eigenvalue weighted by molar-refractivity contribution is -0.116. The number of halogens is 1. The number of benzene rings is 1. The number of thiophene rings is 1. The van der Waals surface area contributed by atoms with E-state index >= 15 is 0 Å². The number of nitrogens with one attached hydrogen (secondary N) is 1. The number of nitrogens with zero attached hydrogens (tertiary/aromatic N) is 4. The fourth-order valence-corrected chi connectivity index (χ4v) is 4.20. The Hall–Kier alpha value is -3.25. The number of aromatic nitrogens is 2. The normalized spacial score (nSPS) is 13.6. The second-order valence-electron chi connectivity index (χ2n) is 6.80. The van der Waals surface area contributed by atoms with Crippen molar-refractivity contribution in [1.82, 2.24) is 9.55 Å². The molecule has 0 atom stereocenters. The molecule has 148 valence electrons. The Morgan fingerprint density at radius 2 is 2.10 bits per heavy atom. The minimum atomic E-state index is -0.636. The highest BCUT2D eigenvalue weighted by Gasteiger charge is 2.21. The van der Waals surface area contributed by atoms with Crippen LogP contribution in [0.2, 0.25) is 0 Å². The van der Waals surface area contributed by atoms with Crippen LogP contribution in [0, 0.1) is 17.1 Å². The van der Waals surface area contributed by atoms with Crippen molar-refractivity contribution in [3.05, 3.63) is 51.4 Å². The molecule has 0 saturated carbocycles. The fourth-order valence-electron chi connectivity index (χ4n) is 3.42. The molecule has 1 N–H and O–H groups in total. The molecular weight excluding hydrogens is 393 g/mol. The first kappa shape index (κ1) is 19.1. The van der Waals surface area contributed by atoms with Crippen LogP contribution in [0.15, 0.2) is 34.4 Å². The zero-order valence-corrected chi connectivity index (χ0v) is 16.3. The summed E-state index contributed by atoms with van der Waals surface area (Å²) in [5.41, 5.74) is 0.737. The average molecular weight is 411 g/mol. The third-order valence-corrected chi connectivity index (χ3v) is 5.76. The van der Waals surface area contributed by atoms with Crippen molar-refractivity contribution in [3.8, 4) is 6.07 Å². The molecule has 4 rings (SSSR count). The van der Waals surface area contributed by atoms with Gasteiger partial charge in [0.15, 0.2) is 0 Å². The summed E-state index contributed by atoms with van der Waals surface area (Å²) in [6, 6.07) is 7.40. The summed E-state index contributed by atoms with van der Waals surface area (Å²) in [4.78, 5) is 32.1. The summed E-state index contributed by atoms with van der Waals surface area (Å²) >= 11 is 1.34. The van der Waals surface area contributed by atoms with Gasteiger partial charge in [-0.05, 0) is 42.5 Å². The number of anilines is 2. The van der Waals surface area contributed by atoms with E-state index in [0.29, 0.717) is 21.9 Å². The van der Waals surface area contributed by atoms with Gasteiger partial charge in [-0.3, -0.25) is 14.2 Å². The van der Waals surface area contributed by atoms with Crippen LogP contribution in [-0.2, 0) is 11.3 Å². The number of carbonyl (C=O) groups is 1. The molecule has 0 spiro atoms. The molecule has 1 saturated heterocycles. The Morgan fingerprint density at radius 1 is 1.31 bits per heavy atom. The predicted octanol–water partition coefficient (Wildman–Crippen LogP) is 3.10. The van der Waals surface area contributed by atoms with E-state index in [4.69, 9.17) is 5.26 Å². The molecule has 1 aliphatic heterocycles. The van der Waals surface area contributed by atoms with Crippen molar-refractivity contribution in [1.29, 1.82) is 5.26 Å². The Labute approximate surface area is 170 Å². The number of hydrogen-bond donors (Lipinski definition) is 1. The maximum Gasteiger partial charge on any atom is 0.272 e. The number of amides is 1. The summed E-state index contributed by atoms with van der Waals surface area (Å²) in [5, 5.41) is 13.4. The lowest BCUT2D eigenvalue weighted by atomic mass is 10.2. The molecule has 2 aromatic heterocycles. The number of carbonyl (C=O) groups excluding carboxylic acids is 1. The molecule has 0 radical (unpaired) electrons. The van der Waals surface area contributed by atoms with Gasteiger partial charge in [-0.15, -0.1) is 11.3 Å². The van der Waals surface area contributed by atoms with Crippen LogP contribution in [0.1, 0.15) is 24.8 Å². The zero-order valence-electron chi connectivity index (χ0n) is 15.5. The molecule has 0 unspecified atom stereocenters. The second-order valence-corrected chi connectivity index (χ2v) is 7.72. The highest BCUT2D eigenvalue weighted by molar-refractivity contribution is 7.17. The molecule has 7 nitrogen and oxygen atoms in total. The van der Waals surface area contributed by atoms with Crippen molar-refractivity contribution in [2.24, 2.45) is 0 Å². The van der Waals surface area contributed by atoms with Gasteiger partial charge in [0, 0.05) is 31.7 Å². The van der Waals surface area contributed by atoms with E-state index in [0.717, 1.165) is 32.0 Å². The average Bonchev–Trinajstić information content (AvgIpc) is 3.40. The number of hydrogen-bond acceptors (Lipinski definition) is 6. The predicted molar refractivity (Wildman–Crippen MR) is 110 cm³/mol. The van der Waals surface area contributed by atoms with Crippen LogP contribution < -0.4 is 15.8 Å². The first-order chi connectivity index (χ1) is 14.1. The van der Waals surface area contributed by atoms with E-state index in [1.165, 1.54) is 23.5 Å². The maximum absolute atomic E-state index is 13.4. The van der Waals surface area contributed by atoms with Crippen molar-refractivity contribution >= 4 is 39.1 Å². The monoisotopic (exact) mass is 411 g/mol. The van der Waals surface area contributed by atoms with Gasteiger partial charge in [0.1, 0.15) is 16.6 Å². The van der Waals surface area contributed by atoms with Crippen LogP contribution in [-0.4, -0.2) is 28.5 Å². The van der Waals surface area contributed by atoms with Crippen LogP contribution in [0.4, 0.5) is 16.0 Å². The summed E-state index contributed by atoms with van der Waals surface area (Å²) in [7, 11) is 0. The largest absolute Gasteiger partial charge is 0.342 e. The van der Waals surface area contributed by atoms with E-state index in [2.05, 4.69) is 15.2 Å². The maximum atomic E-state index is 13.4. The number of rotatable bonds is 5. The molecule has 1 amide bonds. The van der Waals surface area contributed by atoms with Gasteiger partial charge in [-0.2, -0.15) is 5.26 Å². The smallest absolute Gasteiger partial charge is 0.272 e. The van der Waals surface area contributed by atoms with E-state index in [1.807, 2.05) is 11.4 Å². The molecule has 29 heavy (non-hydrogen) atoms. The first-order valence-corrected chi connectivity index (χ1v) is 10.2. The second kappa shape index (κ2) is 8.01. The molecule has 3 heterocycles. The highest BCUT2D eigenvalue weighted by atomic mass is 32.1. The SMILES string of the molecule is N#Cc1cc(NC(=O)CCn2c(N3CCCC3)nc3ccsc3c2=O)ccc1F. The molecule has 0 aliphatic carbocycles. The van der Waals surface area contributed by atoms with Crippen molar-refractivity contribution in [2.75, 3.05) is 23.3 Å². The Balaban J connectivity index is 1.55. The molecule has 3 aromatic rings. The third-order valence-electron chi connectivity index (χ3n) is 4.87. The van der Waals surface area contributed by atoms with Gasteiger partial charge in [0.2, 0.25) is 11.9 Å². The van der Waals surface area contributed by atoms with E-state index in [9.17, 15) is 14.0 Å². The number of nitriles is 1. The van der Waals surface area contributed by atoms with Gasteiger partial charge < -0.3 is 10.2 Å². The highest BCUT2D eigenvalue weighted by Crippen LogP contribution is 2.22. The summed E-state index contributed by atoms with van der Waals surface area (Å²) in [6.07, 6.45) is 2.15. The van der Waals surface area contributed by atoms with Crippen LogP contribution >= 0.6 is 11.3 Å². The minimum Gasteiger partial charge on any atom is -0.342 e. The minimum absolute atomic E-state index is 0.0541. The Morgan fingerprint density at radius 3 is 2.86 bits per heavy atom. The van der Waals surface area contributed by atoms with E-state index < -0.39 is 5.82 Å². The quantitative estimate of drug-likeness (QED) is 0.697. The van der Waals surface area contributed by atoms with Gasteiger partial charge in [0.25, 0.3) is 5.56 Å². The molecule has 1 aliphatic rings. The summed E-state index contributed by atoms with van der Waals surface area (Å²) in [5.74, 6) is -0.367. The first-order valence-electron chi connectivity index (χ1n) is 9.29. The standard InChI is InChI=1S/C20H18FN5O2S/c21-15-4-3-14(11-13(15)12-22)23-17(27)5-9-26-19(28)18-16(6-10-29-18)24-20(26)25-7-1-2-8-25/h3-4,6,10-11H,1-2,5,7-9H2,(H,23,27). The van der Waals surface area contributed by atoms with Gasteiger partial charge in [0.05, 0.1) is 11.1 Å². The topological polar surface area (TPSA) is 91.0 Å². The number of fused-ring (bicyclic) bond motifs is 1. The van der Waals surface area contributed by atoms with Gasteiger partial charge >= 0.3 is 0 Å². The third kappa shape index (κ3) is 3.84. The Kier molecular flexibility index (Phi) is 5.27. The van der Waals surface area contributed by atoms with E-state index in [-0.39, 0.29) is 30.0 Å². The van der Waals surface area contributed by atoms with E-state index in [1.54, 1.807) is 10.6 Å². The van der Waals surface area contributed by atoms with Gasteiger partial charge in [-0.25, -0.2) is 9.37 Å². The van der Waals surface area contributed by atoms with Crippen molar-refractivity contribution < 1.29 is 9.18 Å². The lowest BCUT2D eigenvalue weighted by Crippen LogP contribution is -2.32. The fraction of sp³-hybridized carbons (Fsp3) is 0.300. The summed E-state index contributed by atoms with van der Waals surface area (Å²) < 4.78 is 15.6. The van der Waals surface area contributed by atoms with Gasteiger partial charge in [-0.1, -0.05) is 0 Å². The van der Waals surface area contributed by atoms with Crippen molar-refractivity contribution in [2.45, 2.75) is 25.8 Å². The van der Waals surface area contributed by atoms with Crippen LogP contribution in [0.3, 0.4) is 0 Å². The zero-order chi connectivity index (χ0) is 20.4. The molecular formula is C20H18FN5O2S. The molecule has 9 heteroatoms. The lowest BCUT2D eigenvalue weighted by Gasteiger charge is -2.21. The molecule has 1 fully saturated rings. The molecule has 1 aromatic carbocycles. The summed E-state index contributed by atoms with van der Waals surface area (Å²) in [6.45, 7) is 1.85.